The van der Waals surface area contributed by atoms with E-state index in [0.717, 1.165) is 5.39 Å². The van der Waals surface area contributed by atoms with E-state index in [4.69, 9.17) is 9.47 Å². The van der Waals surface area contributed by atoms with Crippen LogP contribution in [0.15, 0.2) is 73.1 Å². The highest BCUT2D eigenvalue weighted by Crippen LogP contribution is 2.39. The van der Waals surface area contributed by atoms with Crippen molar-refractivity contribution in [2.24, 2.45) is 0 Å². The molecule has 0 radical (unpaired) electrons. The van der Waals surface area contributed by atoms with Gasteiger partial charge in [-0.1, -0.05) is 12.0 Å². The van der Waals surface area contributed by atoms with E-state index in [1.165, 1.54) is 0 Å². The van der Waals surface area contributed by atoms with E-state index in [1.807, 2.05) is 6.07 Å². The van der Waals surface area contributed by atoms with Gasteiger partial charge in [0.25, 0.3) is 5.91 Å². The van der Waals surface area contributed by atoms with Crippen molar-refractivity contribution in [2.45, 2.75) is 6.92 Å². The topological polar surface area (TPSA) is 93.7 Å². The number of fused-ring (bicyclic) bond motifs is 2. The number of rotatable bonds is 4. The Labute approximate surface area is 201 Å². The zero-order valence-electron chi connectivity index (χ0n) is 18.8. The van der Waals surface area contributed by atoms with Gasteiger partial charge in [0.1, 0.15) is 29.7 Å². The van der Waals surface area contributed by atoms with Crippen molar-refractivity contribution in [3.8, 4) is 29.1 Å². The molecular formula is C27H20N4O4. The van der Waals surface area contributed by atoms with Crippen molar-refractivity contribution in [1.82, 2.24) is 9.97 Å². The van der Waals surface area contributed by atoms with Crippen LogP contribution in [0.2, 0.25) is 0 Å². The van der Waals surface area contributed by atoms with E-state index < -0.39 is 0 Å². The smallest absolute Gasteiger partial charge is 0.303 e. The quantitative estimate of drug-likeness (QED) is 0.450. The zero-order chi connectivity index (χ0) is 24.2. The summed E-state index contributed by atoms with van der Waals surface area (Å²) in [5, 5.41) is 3.47. The molecular weight excluding hydrogens is 444 g/mol. The maximum Gasteiger partial charge on any atom is 0.303 e. The molecule has 0 atom stereocenters. The number of amides is 2. The second-order valence-electron chi connectivity index (χ2n) is 7.62. The number of carbonyl (C=O) groups excluding carboxylic acids is 2. The summed E-state index contributed by atoms with van der Waals surface area (Å²) in [6.45, 7) is 2.42. The molecule has 0 spiro atoms. The van der Waals surface area contributed by atoms with Crippen LogP contribution in [0.4, 0.5) is 11.5 Å². The first kappa shape index (κ1) is 21.9. The Morgan fingerprint density at radius 2 is 1.91 bits per heavy atom. The van der Waals surface area contributed by atoms with Crippen molar-refractivity contribution in [3.05, 3.63) is 78.6 Å². The Hall–Kier alpha value is -4.90. The van der Waals surface area contributed by atoms with Crippen LogP contribution < -0.4 is 19.7 Å². The normalized spacial score (nSPS) is 12.1. The summed E-state index contributed by atoms with van der Waals surface area (Å²) in [7, 11) is 0. The van der Waals surface area contributed by atoms with Gasteiger partial charge in [0.05, 0.1) is 17.7 Å². The van der Waals surface area contributed by atoms with E-state index in [0.29, 0.717) is 53.0 Å². The van der Waals surface area contributed by atoms with E-state index in [2.05, 4.69) is 27.1 Å². The SMILES string of the molecule is CC#CC(=O)N1CCOc2cc3nccc(Oc4ccc(C(=O)Nc5ccccn5)cc4)c3cc21. The van der Waals surface area contributed by atoms with Gasteiger partial charge in [0.2, 0.25) is 0 Å². The van der Waals surface area contributed by atoms with Gasteiger partial charge in [-0.2, -0.15) is 0 Å². The number of hydrogen-bond donors (Lipinski definition) is 1. The second kappa shape index (κ2) is 9.53. The number of anilines is 2. The fraction of sp³-hybridized carbons (Fsp3) is 0.111. The summed E-state index contributed by atoms with van der Waals surface area (Å²) < 4.78 is 11.9. The van der Waals surface area contributed by atoms with Crippen molar-refractivity contribution >= 4 is 34.2 Å². The lowest BCUT2D eigenvalue weighted by molar-refractivity contribution is -0.113. The van der Waals surface area contributed by atoms with Crippen molar-refractivity contribution in [1.29, 1.82) is 0 Å². The molecule has 0 saturated heterocycles. The van der Waals surface area contributed by atoms with Crippen molar-refractivity contribution in [3.63, 3.8) is 0 Å². The highest BCUT2D eigenvalue weighted by atomic mass is 16.5. The number of nitrogens with one attached hydrogen (secondary N) is 1. The first-order chi connectivity index (χ1) is 17.1. The molecule has 2 aromatic heterocycles. The Bertz CT molecular complexity index is 1470. The number of nitrogens with zero attached hydrogens (tertiary/aromatic N) is 3. The van der Waals surface area contributed by atoms with E-state index in [-0.39, 0.29) is 11.8 Å². The number of carbonyl (C=O) groups is 2. The molecule has 0 saturated carbocycles. The highest BCUT2D eigenvalue weighted by Gasteiger charge is 2.24. The van der Waals surface area contributed by atoms with Gasteiger partial charge in [-0.05, 0) is 61.4 Å². The van der Waals surface area contributed by atoms with Crippen molar-refractivity contribution in [2.75, 3.05) is 23.4 Å². The molecule has 1 aliphatic heterocycles. The van der Waals surface area contributed by atoms with Crippen LogP contribution >= 0.6 is 0 Å². The molecule has 2 aromatic carbocycles. The molecule has 172 valence electrons. The first-order valence-electron chi connectivity index (χ1n) is 10.9. The van der Waals surface area contributed by atoms with E-state index >= 15 is 0 Å². The third-order valence-corrected chi connectivity index (χ3v) is 5.37. The highest BCUT2D eigenvalue weighted by molar-refractivity contribution is 6.08. The van der Waals surface area contributed by atoms with Crippen LogP contribution in [0.3, 0.4) is 0 Å². The van der Waals surface area contributed by atoms with Crippen LogP contribution in [0.5, 0.6) is 17.2 Å². The Kier molecular flexibility index (Phi) is 5.97. The van der Waals surface area contributed by atoms with Crippen LogP contribution in [-0.2, 0) is 4.79 Å². The summed E-state index contributed by atoms with van der Waals surface area (Å²) in [6, 6.07) is 17.5. The first-order valence-corrected chi connectivity index (χ1v) is 10.9. The minimum absolute atomic E-state index is 0.267. The molecule has 2 amide bonds. The molecule has 3 heterocycles. The van der Waals surface area contributed by atoms with E-state index in [1.54, 1.807) is 78.8 Å². The number of aromatic nitrogens is 2. The molecule has 0 bridgehead atoms. The molecule has 0 unspecified atom stereocenters. The molecule has 1 N–H and O–H groups in total. The molecule has 35 heavy (non-hydrogen) atoms. The molecule has 1 aliphatic rings. The maximum atomic E-state index is 12.5. The Balaban J connectivity index is 1.41. The van der Waals surface area contributed by atoms with Gasteiger partial charge in [-0.3, -0.25) is 19.5 Å². The van der Waals surface area contributed by atoms with Gasteiger partial charge >= 0.3 is 5.91 Å². The molecule has 8 nitrogen and oxygen atoms in total. The summed E-state index contributed by atoms with van der Waals surface area (Å²) in [4.78, 5) is 35.1. The van der Waals surface area contributed by atoms with Crippen LogP contribution in [-0.4, -0.2) is 34.9 Å². The number of ether oxygens (including phenoxy) is 2. The zero-order valence-corrected chi connectivity index (χ0v) is 18.8. The summed E-state index contributed by atoms with van der Waals surface area (Å²) >= 11 is 0. The summed E-state index contributed by atoms with van der Waals surface area (Å²) in [6.07, 6.45) is 3.26. The second-order valence-corrected chi connectivity index (χ2v) is 7.62. The summed E-state index contributed by atoms with van der Waals surface area (Å²) in [5.74, 6) is 6.84. The summed E-state index contributed by atoms with van der Waals surface area (Å²) in [5.41, 5.74) is 1.76. The van der Waals surface area contributed by atoms with Crippen LogP contribution in [0.25, 0.3) is 10.9 Å². The Morgan fingerprint density at radius 1 is 1.06 bits per heavy atom. The molecule has 5 rings (SSSR count). The van der Waals surface area contributed by atoms with Gasteiger partial charge < -0.3 is 14.8 Å². The predicted molar refractivity (Wildman–Crippen MR) is 132 cm³/mol. The molecule has 8 heteroatoms. The van der Waals surface area contributed by atoms with E-state index in [9.17, 15) is 9.59 Å². The van der Waals surface area contributed by atoms with Gasteiger partial charge in [0.15, 0.2) is 0 Å². The molecule has 0 fully saturated rings. The number of pyridine rings is 2. The predicted octanol–water partition coefficient (Wildman–Crippen LogP) is 4.42. The standard InChI is InChI=1S/C27H20N4O4/c1-2-5-26(32)31-14-15-34-24-17-21-20(16-22(24)31)23(11-13-28-21)35-19-9-7-18(8-10-19)27(33)30-25-6-3-4-12-29-25/h3-4,6-13,16-17H,14-15H2,1H3,(H,29,30,33). The van der Waals surface area contributed by atoms with Crippen molar-refractivity contribution < 1.29 is 19.1 Å². The lowest BCUT2D eigenvalue weighted by atomic mass is 10.1. The minimum Gasteiger partial charge on any atom is -0.489 e. The fourth-order valence-corrected chi connectivity index (χ4v) is 3.73. The monoisotopic (exact) mass is 464 g/mol. The number of benzene rings is 2. The Morgan fingerprint density at radius 3 is 2.69 bits per heavy atom. The lowest BCUT2D eigenvalue weighted by Gasteiger charge is -2.28. The largest absolute Gasteiger partial charge is 0.489 e. The third kappa shape index (κ3) is 4.61. The average Bonchev–Trinajstić information content (AvgIpc) is 2.88. The fourth-order valence-electron chi connectivity index (χ4n) is 3.73. The van der Waals surface area contributed by atoms with Gasteiger partial charge in [-0.15, -0.1) is 0 Å². The van der Waals surface area contributed by atoms with Gasteiger partial charge in [-0.25, -0.2) is 4.98 Å². The van der Waals surface area contributed by atoms with Gasteiger partial charge in [0, 0.05) is 29.4 Å². The molecule has 4 aromatic rings. The average molecular weight is 464 g/mol. The molecule has 0 aliphatic carbocycles. The number of hydrogen-bond acceptors (Lipinski definition) is 6. The minimum atomic E-state index is -0.290. The third-order valence-electron chi connectivity index (χ3n) is 5.37. The lowest BCUT2D eigenvalue weighted by Crippen LogP contribution is -2.37. The maximum absolute atomic E-state index is 12.5. The van der Waals surface area contributed by atoms with Crippen LogP contribution in [0, 0.1) is 11.8 Å². The van der Waals surface area contributed by atoms with Crippen LogP contribution in [0.1, 0.15) is 17.3 Å².